The van der Waals surface area contributed by atoms with Gasteiger partial charge in [0.05, 0.1) is 16.0 Å². The molecular formula is C12H15ClN2O3. The quantitative estimate of drug-likeness (QED) is 0.470. The lowest BCUT2D eigenvalue weighted by Gasteiger charge is -2.10. The van der Waals surface area contributed by atoms with E-state index in [1.165, 1.54) is 18.2 Å². The van der Waals surface area contributed by atoms with E-state index in [-0.39, 0.29) is 12.3 Å². The molecule has 0 radical (unpaired) electrons. The van der Waals surface area contributed by atoms with Gasteiger partial charge in [0.25, 0.3) is 5.69 Å². The van der Waals surface area contributed by atoms with Crippen molar-refractivity contribution in [2.45, 2.75) is 6.92 Å². The Bertz CT molecular complexity index is 449. The van der Waals surface area contributed by atoms with E-state index < -0.39 is 4.92 Å². The summed E-state index contributed by atoms with van der Waals surface area (Å²) in [5.41, 5.74) is 0.797. The van der Waals surface area contributed by atoms with Crippen molar-refractivity contribution in [2.75, 3.05) is 19.7 Å². The number of halogens is 1. The molecule has 1 aromatic rings. The van der Waals surface area contributed by atoms with Crippen LogP contribution in [0.4, 0.5) is 5.69 Å². The monoisotopic (exact) mass is 270 g/mol. The van der Waals surface area contributed by atoms with Crippen LogP contribution in [0.5, 0.6) is 5.75 Å². The molecule has 0 unspecified atom stereocenters. The number of benzene rings is 1. The van der Waals surface area contributed by atoms with Crippen molar-refractivity contribution in [1.29, 1.82) is 0 Å². The van der Waals surface area contributed by atoms with Crippen LogP contribution in [0.15, 0.2) is 30.4 Å². The van der Waals surface area contributed by atoms with E-state index >= 15 is 0 Å². The number of nitro benzene ring substituents is 1. The number of hydrogen-bond donors (Lipinski definition) is 1. The Labute approximate surface area is 111 Å². The first-order valence-corrected chi connectivity index (χ1v) is 5.86. The third-order valence-corrected chi connectivity index (χ3v) is 2.49. The van der Waals surface area contributed by atoms with Gasteiger partial charge in [-0.25, -0.2) is 0 Å². The van der Waals surface area contributed by atoms with Crippen LogP contribution in [0, 0.1) is 10.1 Å². The van der Waals surface area contributed by atoms with Crippen molar-refractivity contribution in [3.8, 4) is 5.75 Å². The van der Waals surface area contributed by atoms with Gasteiger partial charge in [0.15, 0.2) is 0 Å². The zero-order valence-electron chi connectivity index (χ0n) is 10.1. The lowest BCUT2D eigenvalue weighted by atomic mass is 10.3. The predicted molar refractivity (Wildman–Crippen MR) is 71.3 cm³/mol. The summed E-state index contributed by atoms with van der Waals surface area (Å²) in [6.07, 6.45) is 0. The highest BCUT2D eigenvalue weighted by atomic mass is 35.5. The topological polar surface area (TPSA) is 64.4 Å². The molecular weight excluding hydrogens is 256 g/mol. The lowest BCUT2D eigenvalue weighted by molar-refractivity contribution is -0.384. The molecule has 0 atom stereocenters. The van der Waals surface area contributed by atoms with Gasteiger partial charge in [-0.3, -0.25) is 10.1 Å². The number of nitro groups is 1. The lowest BCUT2D eigenvalue weighted by Crippen LogP contribution is -2.18. The highest BCUT2D eigenvalue weighted by molar-refractivity contribution is 6.32. The number of non-ortho nitro benzene ring substituents is 1. The number of likely N-dealkylation sites (N-methyl/N-ethyl adjacent to an activating group) is 1. The average Bonchev–Trinajstić information content (AvgIpc) is 2.35. The fourth-order valence-electron chi connectivity index (χ4n) is 1.25. The van der Waals surface area contributed by atoms with Crippen LogP contribution < -0.4 is 10.1 Å². The maximum atomic E-state index is 10.6. The average molecular weight is 271 g/mol. The molecule has 0 aromatic heterocycles. The third-order valence-electron chi connectivity index (χ3n) is 2.18. The summed E-state index contributed by atoms with van der Waals surface area (Å²) in [6.45, 7) is 7.58. The van der Waals surface area contributed by atoms with Gasteiger partial charge < -0.3 is 10.1 Å². The highest BCUT2D eigenvalue weighted by Gasteiger charge is 2.10. The Morgan fingerprint density at radius 2 is 2.33 bits per heavy atom. The molecule has 18 heavy (non-hydrogen) atoms. The zero-order valence-corrected chi connectivity index (χ0v) is 10.9. The molecule has 98 valence electrons. The molecule has 1 aromatic carbocycles. The maximum absolute atomic E-state index is 10.6. The number of hydrogen-bond acceptors (Lipinski definition) is 4. The molecule has 0 saturated heterocycles. The second-order valence-electron chi connectivity index (χ2n) is 3.69. The van der Waals surface area contributed by atoms with E-state index in [4.69, 9.17) is 16.3 Å². The minimum atomic E-state index is -0.489. The smallest absolute Gasteiger partial charge is 0.273 e. The first kappa shape index (κ1) is 14.5. The largest absolute Gasteiger partial charge is 0.487 e. The van der Waals surface area contributed by atoms with Crippen LogP contribution in [-0.4, -0.2) is 24.6 Å². The summed E-state index contributed by atoms with van der Waals surface area (Å²) < 4.78 is 5.41. The number of nitrogens with one attached hydrogen (secondary N) is 1. The summed E-state index contributed by atoms with van der Waals surface area (Å²) >= 11 is 5.90. The Morgan fingerprint density at radius 1 is 1.61 bits per heavy atom. The number of rotatable bonds is 7. The second kappa shape index (κ2) is 6.98. The van der Waals surface area contributed by atoms with Crippen molar-refractivity contribution in [3.63, 3.8) is 0 Å². The maximum Gasteiger partial charge on any atom is 0.273 e. The van der Waals surface area contributed by atoms with Gasteiger partial charge in [-0.2, -0.15) is 0 Å². The van der Waals surface area contributed by atoms with Crippen molar-refractivity contribution < 1.29 is 9.66 Å². The van der Waals surface area contributed by atoms with E-state index in [2.05, 4.69) is 11.9 Å². The summed E-state index contributed by atoms with van der Waals surface area (Å²) in [5, 5.41) is 14.1. The Balaban J connectivity index is 2.63. The normalized spacial score (nSPS) is 10.1. The fraction of sp³-hybridized carbons (Fsp3) is 0.333. The van der Waals surface area contributed by atoms with E-state index in [0.29, 0.717) is 17.3 Å². The van der Waals surface area contributed by atoms with E-state index in [1.807, 2.05) is 6.92 Å². The first-order chi connectivity index (χ1) is 8.54. The molecule has 0 heterocycles. The van der Waals surface area contributed by atoms with Gasteiger partial charge in [0.1, 0.15) is 12.4 Å². The molecule has 0 bridgehead atoms. The Hall–Kier alpha value is -1.59. The summed E-state index contributed by atoms with van der Waals surface area (Å²) in [4.78, 5) is 10.1. The molecule has 0 aliphatic carbocycles. The van der Waals surface area contributed by atoms with Crippen molar-refractivity contribution in [2.24, 2.45) is 0 Å². The van der Waals surface area contributed by atoms with Crippen LogP contribution in [-0.2, 0) is 0 Å². The Morgan fingerprint density at radius 3 is 2.94 bits per heavy atom. The van der Waals surface area contributed by atoms with Gasteiger partial charge in [-0.15, -0.1) is 0 Å². The molecule has 6 heteroatoms. The predicted octanol–water partition coefficient (Wildman–Crippen LogP) is 2.79. The summed E-state index contributed by atoms with van der Waals surface area (Å²) in [7, 11) is 0. The standard InChI is InChI=1S/C12H15ClN2O3/c1-3-14-7-9(2)8-18-12-6-10(15(16)17)4-5-11(12)13/h4-6,14H,2-3,7-8H2,1H3. The van der Waals surface area contributed by atoms with Crippen LogP contribution in [0.25, 0.3) is 0 Å². The van der Waals surface area contributed by atoms with Gasteiger partial charge in [-0.1, -0.05) is 25.1 Å². The van der Waals surface area contributed by atoms with Crippen molar-refractivity contribution in [1.82, 2.24) is 5.32 Å². The fourth-order valence-corrected chi connectivity index (χ4v) is 1.42. The van der Waals surface area contributed by atoms with Gasteiger partial charge in [0.2, 0.25) is 0 Å². The first-order valence-electron chi connectivity index (χ1n) is 5.48. The van der Waals surface area contributed by atoms with Crippen LogP contribution in [0.3, 0.4) is 0 Å². The molecule has 1 rings (SSSR count). The molecule has 0 fully saturated rings. The van der Waals surface area contributed by atoms with Crippen molar-refractivity contribution >= 4 is 17.3 Å². The third kappa shape index (κ3) is 4.35. The summed E-state index contributed by atoms with van der Waals surface area (Å²) in [6, 6.07) is 4.09. The van der Waals surface area contributed by atoms with E-state index in [9.17, 15) is 10.1 Å². The minimum Gasteiger partial charge on any atom is -0.487 e. The SMILES string of the molecule is C=C(CNCC)COc1cc([N+](=O)[O-])ccc1Cl. The number of nitrogens with zero attached hydrogens (tertiary/aromatic N) is 1. The molecule has 0 aliphatic rings. The highest BCUT2D eigenvalue weighted by Crippen LogP contribution is 2.28. The van der Waals surface area contributed by atoms with Crippen LogP contribution in [0.2, 0.25) is 5.02 Å². The van der Waals surface area contributed by atoms with Gasteiger partial charge in [-0.05, 0) is 18.2 Å². The number of ether oxygens (including phenoxy) is 1. The molecule has 0 amide bonds. The second-order valence-corrected chi connectivity index (χ2v) is 4.10. The van der Waals surface area contributed by atoms with E-state index in [0.717, 1.165) is 12.1 Å². The van der Waals surface area contributed by atoms with E-state index in [1.54, 1.807) is 0 Å². The van der Waals surface area contributed by atoms with Crippen LogP contribution >= 0.6 is 11.6 Å². The molecule has 1 N–H and O–H groups in total. The summed E-state index contributed by atoms with van der Waals surface area (Å²) in [5.74, 6) is 0.295. The Kier molecular flexibility index (Phi) is 5.61. The zero-order chi connectivity index (χ0) is 13.5. The minimum absolute atomic E-state index is 0.0494. The molecule has 0 saturated carbocycles. The molecule has 5 nitrogen and oxygen atoms in total. The van der Waals surface area contributed by atoms with Crippen molar-refractivity contribution in [3.05, 3.63) is 45.5 Å². The van der Waals surface area contributed by atoms with Gasteiger partial charge >= 0.3 is 0 Å². The van der Waals surface area contributed by atoms with Crippen LogP contribution in [0.1, 0.15) is 6.92 Å². The van der Waals surface area contributed by atoms with Gasteiger partial charge in [0, 0.05) is 12.6 Å². The molecule has 0 aliphatic heterocycles. The molecule has 0 spiro atoms.